The van der Waals surface area contributed by atoms with E-state index in [0.29, 0.717) is 10.0 Å². The van der Waals surface area contributed by atoms with Crippen molar-refractivity contribution in [2.75, 3.05) is 6.54 Å². The maximum Gasteiger partial charge on any atom is 0.0926 e. The van der Waals surface area contributed by atoms with Crippen LogP contribution < -0.4 is 5.32 Å². The first-order valence-electron chi connectivity index (χ1n) is 5.46. The average Bonchev–Trinajstić information content (AvgIpc) is 2.80. The fourth-order valence-corrected chi connectivity index (χ4v) is 2.62. The van der Waals surface area contributed by atoms with Crippen LogP contribution in [0.5, 0.6) is 0 Å². The molecule has 2 heterocycles. The van der Waals surface area contributed by atoms with Crippen LogP contribution >= 0.6 is 23.2 Å². The Hall–Kier alpha value is -1.03. The Morgan fingerprint density at radius 2 is 2.18 bits per heavy atom. The molecule has 3 nitrogen and oxygen atoms in total. The number of rotatable bonds is 1. The van der Waals surface area contributed by atoms with Crippen molar-refractivity contribution in [3.05, 3.63) is 51.5 Å². The van der Waals surface area contributed by atoms with Crippen molar-refractivity contribution in [1.82, 2.24) is 15.3 Å². The molecular formula is C12H11Cl2N3. The molecule has 0 bridgehead atoms. The molecule has 1 aromatic heterocycles. The molecule has 0 saturated carbocycles. The van der Waals surface area contributed by atoms with E-state index in [1.807, 2.05) is 12.1 Å². The smallest absolute Gasteiger partial charge is 0.0926 e. The molecule has 0 aliphatic carbocycles. The zero-order valence-electron chi connectivity index (χ0n) is 9.00. The van der Waals surface area contributed by atoms with Crippen molar-refractivity contribution in [3.63, 3.8) is 0 Å². The minimum atomic E-state index is 0.0243. The Balaban J connectivity index is 2.09. The van der Waals surface area contributed by atoms with Crippen LogP contribution in [0.2, 0.25) is 10.0 Å². The Morgan fingerprint density at radius 3 is 3.06 bits per heavy atom. The predicted molar refractivity (Wildman–Crippen MR) is 68.6 cm³/mol. The van der Waals surface area contributed by atoms with E-state index in [1.165, 1.54) is 5.69 Å². The molecule has 2 N–H and O–H groups in total. The second-order valence-electron chi connectivity index (χ2n) is 4.07. The monoisotopic (exact) mass is 267 g/mol. The third-order valence-electron chi connectivity index (χ3n) is 3.02. The number of benzene rings is 1. The van der Waals surface area contributed by atoms with Crippen LogP contribution in [0.1, 0.15) is 23.0 Å². The van der Waals surface area contributed by atoms with Gasteiger partial charge in [-0.2, -0.15) is 0 Å². The SMILES string of the molecule is Clc1ccc(Cl)c(C2NCCc3[nH]cnc32)c1. The molecule has 17 heavy (non-hydrogen) atoms. The molecule has 0 spiro atoms. The number of imidazole rings is 1. The van der Waals surface area contributed by atoms with E-state index >= 15 is 0 Å². The van der Waals surface area contributed by atoms with Gasteiger partial charge in [0.2, 0.25) is 0 Å². The van der Waals surface area contributed by atoms with E-state index in [9.17, 15) is 0 Å². The maximum atomic E-state index is 6.23. The summed E-state index contributed by atoms with van der Waals surface area (Å²) in [6.45, 7) is 0.905. The van der Waals surface area contributed by atoms with Crippen molar-refractivity contribution in [2.45, 2.75) is 12.5 Å². The Morgan fingerprint density at radius 1 is 1.29 bits per heavy atom. The molecule has 88 valence electrons. The number of hydrogen-bond acceptors (Lipinski definition) is 2. The van der Waals surface area contributed by atoms with E-state index in [1.54, 1.807) is 12.4 Å². The highest BCUT2D eigenvalue weighted by Gasteiger charge is 2.25. The van der Waals surface area contributed by atoms with Crippen molar-refractivity contribution in [1.29, 1.82) is 0 Å². The van der Waals surface area contributed by atoms with Gasteiger partial charge in [0.1, 0.15) is 0 Å². The van der Waals surface area contributed by atoms with Gasteiger partial charge in [0, 0.05) is 28.7 Å². The lowest BCUT2D eigenvalue weighted by Crippen LogP contribution is -2.30. The van der Waals surface area contributed by atoms with Gasteiger partial charge in [-0.25, -0.2) is 4.98 Å². The van der Waals surface area contributed by atoms with E-state index < -0.39 is 0 Å². The Kier molecular flexibility index (Phi) is 2.82. The molecule has 0 amide bonds. The topological polar surface area (TPSA) is 40.7 Å². The lowest BCUT2D eigenvalue weighted by molar-refractivity contribution is 0.553. The third kappa shape index (κ3) is 1.95. The van der Waals surface area contributed by atoms with Crippen molar-refractivity contribution >= 4 is 23.2 Å². The van der Waals surface area contributed by atoms with Crippen molar-refractivity contribution < 1.29 is 0 Å². The number of H-pyrrole nitrogens is 1. The van der Waals surface area contributed by atoms with Gasteiger partial charge < -0.3 is 10.3 Å². The quantitative estimate of drug-likeness (QED) is 0.834. The molecule has 1 aromatic carbocycles. The fourth-order valence-electron chi connectivity index (χ4n) is 2.21. The maximum absolute atomic E-state index is 6.23. The molecule has 5 heteroatoms. The van der Waals surface area contributed by atoms with Crippen LogP contribution in [0.4, 0.5) is 0 Å². The van der Waals surface area contributed by atoms with Gasteiger partial charge in [-0.05, 0) is 23.8 Å². The second kappa shape index (κ2) is 4.33. The van der Waals surface area contributed by atoms with Gasteiger partial charge in [0.15, 0.2) is 0 Å². The number of nitrogens with zero attached hydrogens (tertiary/aromatic N) is 1. The second-order valence-corrected chi connectivity index (χ2v) is 4.91. The third-order valence-corrected chi connectivity index (χ3v) is 3.60. The number of aromatic nitrogens is 2. The van der Waals surface area contributed by atoms with Crippen LogP contribution in [0.25, 0.3) is 0 Å². The van der Waals surface area contributed by atoms with E-state index in [2.05, 4.69) is 15.3 Å². The summed E-state index contributed by atoms with van der Waals surface area (Å²) in [5, 5.41) is 4.82. The molecular weight excluding hydrogens is 257 g/mol. The summed E-state index contributed by atoms with van der Waals surface area (Å²) in [6.07, 6.45) is 2.69. The number of aromatic amines is 1. The molecule has 1 unspecified atom stereocenters. The lowest BCUT2D eigenvalue weighted by Gasteiger charge is -2.24. The van der Waals surface area contributed by atoms with Gasteiger partial charge in [0.25, 0.3) is 0 Å². The number of hydrogen-bond donors (Lipinski definition) is 2. The van der Waals surface area contributed by atoms with Crippen LogP contribution in [0.15, 0.2) is 24.5 Å². The van der Waals surface area contributed by atoms with Crippen LogP contribution in [0.3, 0.4) is 0 Å². The van der Waals surface area contributed by atoms with Crippen molar-refractivity contribution in [2.24, 2.45) is 0 Å². The molecule has 0 fully saturated rings. The largest absolute Gasteiger partial charge is 0.348 e. The van der Waals surface area contributed by atoms with E-state index in [-0.39, 0.29) is 6.04 Å². The van der Waals surface area contributed by atoms with E-state index in [4.69, 9.17) is 23.2 Å². The lowest BCUT2D eigenvalue weighted by atomic mass is 9.98. The number of nitrogens with one attached hydrogen (secondary N) is 2. The average molecular weight is 268 g/mol. The zero-order chi connectivity index (χ0) is 11.8. The highest BCUT2D eigenvalue weighted by molar-refractivity contribution is 6.33. The summed E-state index contributed by atoms with van der Waals surface area (Å²) in [5.41, 5.74) is 3.16. The summed E-state index contributed by atoms with van der Waals surface area (Å²) in [5.74, 6) is 0. The number of fused-ring (bicyclic) bond motifs is 1. The molecule has 0 saturated heterocycles. The summed E-state index contributed by atoms with van der Waals surface area (Å²) in [4.78, 5) is 7.53. The zero-order valence-corrected chi connectivity index (χ0v) is 10.5. The minimum absolute atomic E-state index is 0.0243. The molecule has 1 aliphatic heterocycles. The minimum Gasteiger partial charge on any atom is -0.348 e. The van der Waals surface area contributed by atoms with Crippen molar-refractivity contribution in [3.8, 4) is 0 Å². The first kappa shape index (κ1) is 11.1. The van der Waals surface area contributed by atoms with E-state index in [0.717, 1.165) is 24.2 Å². The first-order chi connectivity index (χ1) is 8.25. The fraction of sp³-hybridized carbons (Fsp3) is 0.250. The Labute approximate surface area is 109 Å². The summed E-state index contributed by atoms with van der Waals surface area (Å²) in [6, 6.07) is 5.53. The highest BCUT2D eigenvalue weighted by Crippen LogP contribution is 2.32. The van der Waals surface area contributed by atoms with Crippen LogP contribution in [-0.2, 0) is 6.42 Å². The Bertz CT molecular complexity index is 550. The standard InChI is InChI=1S/C12H11Cl2N3/c13-7-1-2-9(14)8(5-7)11-12-10(3-4-15-11)16-6-17-12/h1-2,5-6,11,15H,3-4H2,(H,16,17). The molecule has 3 rings (SSSR count). The summed E-state index contributed by atoms with van der Waals surface area (Å²) in [7, 11) is 0. The molecule has 1 atom stereocenters. The van der Waals surface area contributed by atoms with Gasteiger partial charge in [0.05, 0.1) is 18.1 Å². The van der Waals surface area contributed by atoms with Gasteiger partial charge in [-0.15, -0.1) is 0 Å². The van der Waals surface area contributed by atoms with Crippen LogP contribution in [0, 0.1) is 0 Å². The number of halogens is 2. The molecule has 2 aromatic rings. The summed E-state index contributed by atoms with van der Waals surface area (Å²) >= 11 is 12.2. The summed E-state index contributed by atoms with van der Waals surface area (Å²) < 4.78 is 0. The molecule has 1 aliphatic rings. The van der Waals surface area contributed by atoms with Gasteiger partial charge >= 0.3 is 0 Å². The van der Waals surface area contributed by atoms with Gasteiger partial charge in [-0.3, -0.25) is 0 Å². The molecule has 0 radical (unpaired) electrons. The highest BCUT2D eigenvalue weighted by atomic mass is 35.5. The first-order valence-corrected chi connectivity index (χ1v) is 6.22. The predicted octanol–water partition coefficient (Wildman–Crippen LogP) is 2.95. The van der Waals surface area contributed by atoms with Crippen LogP contribution in [-0.4, -0.2) is 16.5 Å². The normalized spacial score (nSPS) is 19.1. The van der Waals surface area contributed by atoms with Gasteiger partial charge in [-0.1, -0.05) is 23.2 Å².